The number of sulfonamides is 1. The molecule has 0 radical (unpaired) electrons. The number of hydrogen-bond donors (Lipinski definition) is 0. The van der Waals surface area contributed by atoms with E-state index in [9.17, 15) is 8.42 Å². The summed E-state index contributed by atoms with van der Waals surface area (Å²) in [5.41, 5.74) is 0.580. The molecule has 0 aliphatic heterocycles. The molecule has 4 nitrogen and oxygen atoms in total. The Kier molecular flexibility index (Phi) is 5.38. The van der Waals surface area contributed by atoms with Crippen LogP contribution in [0.4, 0.5) is 0 Å². The Labute approximate surface area is 141 Å². The lowest BCUT2D eigenvalue weighted by molar-refractivity contribution is 0.398. The Hall–Kier alpha value is -0.530. The second kappa shape index (κ2) is 6.71. The van der Waals surface area contributed by atoms with E-state index < -0.39 is 10.0 Å². The number of furan rings is 1. The summed E-state index contributed by atoms with van der Waals surface area (Å²) in [5, 5.41) is 0.730. The van der Waals surface area contributed by atoms with Crippen molar-refractivity contribution in [3.05, 3.63) is 56.4 Å². The highest BCUT2D eigenvalue weighted by Gasteiger charge is 2.20. The zero-order chi connectivity index (χ0) is 15.6. The van der Waals surface area contributed by atoms with Crippen molar-refractivity contribution in [2.24, 2.45) is 0 Å². The summed E-state index contributed by atoms with van der Waals surface area (Å²) in [6.45, 7) is 0.162. The molecule has 2 aromatic rings. The highest BCUT2D eigenvalue weighted by molar-refractivity contribution is 9.10. The minimum Gasteiger partial charge on any atom is -0.453 e. The van der Waals surface area contributed by atoms with Crippen LogP contribution in [0.3, 0.4) is 0 Å². The fraction of sp³-hybridized carbons (Fsp3) is 0.231. The van der Waals surface area contributed by atoms with E-state index >= 15 is 0 Å². The Morgan fingerprint density at radius 2 is 1.90 bits per heavy atom. The van der Waals surface area contributed by atoms with Gasteiger partial charge in [-0.2, -0.15) is 4.31 Å². The van der Waals surface area contributed by atoms with Crippen LogP contribution in [0.15, 0.2) is 39.4 Å². The van der Waals surface area contributed by atoms with Crippen molar-refractivity contribution in [2.75, 3.05) is 7.05 Å². The van der Waals surface area contributed by atoms with Gasteiger partial charge in [0.25, 0.3) is 0 Å². The first-order valence-corrected chi connectivity index (χ1v) is 9.06. The maximum atomic E-state index is 12.3. The number of hydrogen-bond acceptors (Lipinski definition) is 3. The lowest BCUT2D eigenvalue weighted by atomic mass is 10.2. The molecule has 0 aliphatic carbocycles. The van der Waals surface area contributed by atoms with Crippen LogP contribution < -0.4 is 0 Å². The highest BCUT2D eigenvalue weighted by atomic mass is 79.9. The molecule has 0 spiro atoms. The number of nitrogens with zero attached hydrogens (tertiary/aromatic N) is 1. The largest absolute Gasteiger partial charge is 0.453 e. The third-order valence-electron chi connectivity index (χ3n) is 2.82. The van der Waals surface area contributed by atoms with E-state index in [0.717, 1.165) is 0 Å². The van der Waals surface area contributed by atoms with Crippen LogP contribution in [-0.4, -0.2) is 19.8 Å². The summed E-state index contributed by atoms with van der Waals surface area (Å²) >= 11 is 14.9. The molecule has 0 saturated carbocycles. The molecule has 1 aromatic heterocycles. The van der Waals surface area contributed by atoms with Gasteiger partial charge in [0.05, 0.1) is 22.3 Å². The summed E-state index contributed by atoms with van der Waals surface area (Å²) in [7, 11) is -1.97. The normalized spacial score (nSPS) is 12.0. The van der Waals surface area contributed by atoms with Crippen molar-refractivity contribution in [1.29, 1.82) is 0 Å². The zero-order valence-corrected chi connectivity index (χ0v) is 14.9. The molecule has 1 aromatic carbocycles. The van der Waals surface area contributed by atoms with Crippen LogP contribution in [-0.2, 0) is 22.3 Å². The average molecular weight is 413 g/mol. The molecule has 21 heavy (non-hydrogen) atoms. The van der Waals surface area contributed by atoms with Crippen LogP contribution >= 0.6 is 39.1 Å². The quantitative estimate of drug-likeness (QED) is 0.734. The van der Waals surface area contributed by atoms with Crippen molar-refractivity contribution in [3.8, 4) is 0 Å². The molecule has 0 saturated heterocycles. The molecule has 0 amide bonds. The van der Waals surface area contributed by atoms with Crippen LogP contribution in [0, 0.1) is 0 Å². The van der Waals surface area contributed by atoms with E-state index in [-0.39, 0.29) is 12.3 Å². The highest BCUT2D eigenvalue weighted by Crippen LogP contribution is 2.24. The van der Waals surface area contributed by atoms with E-state index in [1.807, 2.05) is 0 Å². The third-order valence-corrected chi connectivity index (χ3v) is 5.76. The molecule has 0 aliphatic rings. The van der Waals surface area contributed by atoms with Crippen LogP contribution in [0.1, 0.15) is 11.3 Å². The number of rotatable bonds is 5. The standard InChI is InChI=1S/C13H12BrCl2NO3S/c1-17(7-10-3-5-13(14)20-10)21(18,19)8-9-2-4-11(15)12(16)6-9/h2-6H,7-8H2,1H3. The monoisotopic (exact) mass is 411 g/mol. The van der Waals surface area contributed by atoms with Gasteiger partial charge in [0.1, 0.15) is 5.76 Å². The van der Waals surface area contributed by atoms with Gasteiger partial charge in [-0.05, 0) is 45.8 Å². The summed E-state index contributed by atoms with van der Waals surface area (Å²) in [4.78, 5) is 0. The molecular formula is C13H12BrCl2NO3S. The number of halogens is 3. The Morgan fingerprint density at radius 3 is 2.48 bits per heavy atom. The Bertz CT molecular complexity index is 746. The predicted octanol–water partition coefficient (Wildman–Crippen LogP) is 4.31. The van der Waals surface area contributed by atoms with E-state index in [4.69, 9.17) is 27.6 Å². The summed E-state index contributed by atoms with van der Waals surface area (Å²) in [6.07, 6.45) is 0. The molecule has 8 heteroatoms. The second-order valence-corrected chi connectivity index (χ2v) is 8.14. The minimum atomic E-state index is -3.48. The van der Waals surface area contributed by atoms with Gasteiger partial charge >= 0.3 is 0 Å². The summed E-state index contributed by atoms with van der Waals surface area (Å²) in [5.74, 6) is 0.407. The van der Waals surface area contributed by atoms with Crippen LogP contribution in [0.5, 0.6) is 0 Å². The van der Waals surface area contributed by atoms with Crippen molar-refractivity contribution >= 4 is 49.2 Å². The SMILES string of the molecule is CN(Cc1ccc(Br)o1)S(=O)(=O)Cc1ccc(Cl)c(Cl)c1. The molecule has 0 atom stereocenters. The number of benzene rings is 1. The van der Waals surface area contributed by atoms with Gasteiger partial charge in [0, 0.05) is 7.05 Å². The van der Waals surface area contributed by atoms with Crippen LogP contribution in [0.2, 0.25) is 10.0 Å². The molecule has 0 N–H and O–H groups in total. The lowest BCUT2D eigenvalue weighted by Gasteiger charge is -2.16. The first-order valence-electron chi connectivity index (χ1n) is 5.90. The molecule has 1 heterocycles. The minimum absolute atomic E-state index is 0.151. The first kappa shape index (κ1) is 16.8. The van der Waals surface area contributed by atoms with Gasteiger partial charge in [-0.15, -0.1) is 0 Å². The maximum Gasteiger partial charge on any atom is 0.218 e. The van der Waals surface area contributed by atoms with Gasteiger partial charge in [-0.25, -0.2) is 8.42 Å². The van der Waals surface area contributed by atoms with E-state index in [0.29, 0.717) is 26.0 Å². The van der Waals surface area contributed by atoms with Gasteiger partial charge < -0.3 is 4.42 Å². The fourth-order valence-corrected chi connectivity index (χ4v) is 3.51. The third kappa shape index (κ3) is 4.47. The molecule has 2 rings (SSSR count). The average Bonchev–Trinajstić information content (AvgIpc) is 2.79. The van der Waals surface area contributed by atoms with E-state index in [1.165, 1.54) is 11.4 Å². The topological polar surface area (TPSA) is 50.5 Å². The van der Waals surface area contributed by atoms with Gasteiger partial charge in [0.15, 0.2) is 4.67 Å². The fourth-order valence-electron chi connectivity index (χ4n) is 1.70. The molecule has 114 valence electrons. The molecular weight excluding hydrogens is 401 g/mol. The van der Waals surface area contributed by atoms with Crippen LogP contribution in [0.25, 0.3) is 0 Å². The smallest absolute Gasteiger partial charge is 0.218 e. The van der Waals surface area contributed by atoms with Crippen molar-refractivity contribution in [1.82, 2.24) is 4.31 Å². The molecule has 0 unspecified atom stereocenters. The Balaban J connectivity index is 2.11. The zero-order valence-electron chi connectivity index (χ0n) is 11.0. The van der Waals surface area contributed by atoms with Gasteiger partial charge in [-0.1, -0.05) is 29.3 Å². The predicted molar refractivity (Wildman–Crippen MR) is 87.0 cm³/mol. The second-order valence-electron chi connectivity index (χ2n) is 4.47. The molecule has 0 bridgehead atoms. The Morgan fingerprint density at radius 1 is 1.19 bits per heavy atom. The lowest BCUT2D eigenvalue weighted by Crippen LogP contribution is -2.27. The van der Waals surface area contributed by atoms with Crippen molar-refractivity contribution < 1.29 is 12.8 Å². The first-order chi connectivity index (χ1) is 9.78. The van der Waals surface area contributed by atoms with Crippen molar-refractivity contribution in [3.63, 3.8) is 0 Å². The van der Waals surface area contributed by atoms with Crippen molar-refractivity contribution in [2.45, 2.75) is 12.3 Å². The van der Waals surface area contributed by atoms with E-state index in [2.05, 4.69) is 15.9 Å². The summed E-state index contributed by atoms with van der Waals surface area (Å²) < 4.78 is 31.7. The maximum absolute atomic E-state index is 12.3. The summed E-state index contributed by atoms with van der Waals surface area (Å²) in [6, 6.07) is 8.21. The van der Waals surface area contributed by atoms with E-state index in [1.54, 1.807) is 30.3 Å². The van der Waals surface area contributed by atoms with Gasteiger partial charge in [-0.3, -0.25) is 0 Å². The molecule has 0 fully saturated rings. The van der Waals surface area contributed by atoms with Gasteiger partial charge in [0.2, 0.25) is 10.0 Å².